The van der Waals surface area contributed by atoms with Crippen LogP contribution in [0.3, 0.4) is 0 Å². The Balaban J connectivity index is 2.31. The Hall–Kier alpha value is -0.170. The zero-order valence-electron chi connectivity index (χ0n) is 7.06. The van der Waals surface area contributed by atoms with Gasteiger partial charge in [-0.1, -0.05) is 35.9 Å². The highest BCUT2D eigenvalue weighted by atomic mass is 32.2. The van der Waals surface area contributed by atoms with Crippen LogP contribution in [-0.2, 0) is 0 Å². The fraction of sp³-hybridized carbons (Fsp3) is 0.200. The average Bonchev–Trinajstić information content (AvgIpc) is 2.19. The smallest absolute Gasteiger partial charge is 0.0524 e. The van der Waals surface area contributed by atoms with E-state index in [1.807, 2.05) is 30.3 Å². The summed E-state index contributed by atoms with van der Waals surface area (Å²) < 4.78 is 0. The van der Waals surface area contributed by atoms with Crippen LogP contribution in [-0.4, -0.2) is 10.2 Å². The van der Waals surface area contributed by atoms with Crippen molar-refractivity contribution in [1.29, 1.82) is 0 Å². The molecule has 1 aromatic rings. The normalized spacial score (nSPS) is 9.00. The molecule has 0 aliphatic rings. The molecule has 1 rings (SSSR count). The van der Waals surface area contributed by atoms with Crippen LogP contribution in [0.5, 0.6) is 0 Å². The van der Waals surface area contributed by atoms with Gasteiger partial charge in [-0.3, -0.25) is 0 Å². The van der Waals surface area contributed by atoms with Crippen LogP contribution in [0, 0.1) is 11.2 Å². The predicted molar refractivity (Wildman–Crippen MR) is 67.2 cm³/mol. The molecule has 0 heterocycles. The zero-order chi connectivity index (χ0) is 9.36. The zero-order valence-corrected chi connectivity index (χ0v) is 9.59. The molecule has 0 saturated carbocycles. The van der Waals surface area contributed by atoms with Gasteiger partial charge < -0.3 is 0 Å². The van der Waals surface area contributed by atoms with E-state index in [0.29, 0.717) is 0 Å². The van der Waals surface area contributed by atoms with E-state index in [2.05, 4.69) is 23.8 Å². The van der Waals surface area contributed by atoms with E-state index >= 15 is 0 Å². The van der Waals surface area contributed by atoms with Gasteiger partial charge in [0.05, 0.1) is 5.08 Å². The number of hydrogen-bond donors (Lipinski definition) is 1. The lowest BCUT2D eigenvalue weighted by atomic mass is 10.2. The summed E-state index contributed by atoms with van der Waals surface area (Å²) in [6.45, 7) is 0. The lowest BCUT2D eigenvalue weighted by Gasteiger charge is -1.88. The van der Waals surface area contributed by atoms with Crippen molar-refractivity contribution >= 4 is 36.2 Å². The van der Waals surface area contributed by atoms with Crippen molar-refractivity contribution in [3.63, 3.8) is 0 Å². The van der Waals surface area contributed by atoms with Gasteiger partial charge >= 0.3 is 0 Å². The molecule has 0 spiro atoms. The third kappa shape index (κ3) is 5.20. The molecule has 0 nitrogen and oxygen atoms in total. The molecule has 0 saturated heterocycles. The van der Waals surface area contributed by atoms with Crippen LogP contribution >= 0.6 is 36.2 Å². The molecule has 1 aromatic carbocycles. The monoisotopic (exact) mass is 226 g/mol. The van der Waals surface area contributed by atoms with E-state index in [9.17, 15) is 0 Å². The number of benzene rings is 1. The summed E-state index contributed by atoms with van der Waals surface area (Å²) in [6, 6.07) is 10.0. The molecule has 3 heteroatoms. The fourth-order valence-corrected chi connectivity index (χ4v) is 2.45. The Morgan fingerprint density at radius 1 is 1.23 bits per heavy atom. The molecular weight excluding hydrogens is 216 g/mol. The molecular formula is C10H10S3. The van der Waals surface area contributed by atoms with Crippen LogP contribution in [0.2, 0.25) is 0 Å². The highest BCUT2D eigenvalue weighted by molar-refractivity contribution is 8.21. The van der Waals surface area contributed by atoms with E-state index in [1.54, 1.807) is 23.5 Å². The first-order valence-corrected chi connectivity index (χ1v) is 6.57. The van der Waals surface area contributed by atoms with Crippen LogP contribution < -0.4 is 0 Å². The van der Waals surface area contributed by atoms with Crippen molar-refractivity contribution in [2.45, 2.75) is 0 Å². The Kier molecular flexibility index (Phi) is 6.09. The molecule has 0 fully saturated rings. The van der Waals surface area contributed by atoms with Gasteiger partial charge in [0.1, 0.15) is 0 Å². The Bertz CT molecular complexity index is 284. The first-order valence-electron chi connectivity index (χ1n) is 3.80. The summed E-state index contributed by atoms with van der Waals surface area (Å²) in [5, 5.41) is 4.90. The van der Waals surface area contributed by atoms with E-state index in [1.165, 1.54) is 0 Å². The second-order valence-corrected chi connectivity index (χ2v) is 5.07. The van der Waals surface area contributed by atoms with Crippen LogP contribution in [0.25, 0.3) is 0 Å². The third-order valence-corrected chi connectivity index (χ3v) is 3.39. The van der Waals surface area contributed by atoms with Crippen molar-refractivity contribution in [1.82, 2.24) is 0 Å². The molecule has 0 aromatic heterocycles. The minimum absolute atomic E-state index is 0.861. The minimum Gasteiger partial charge on any atom is -0.168 e. The highest BCUT2D eigenvalue weighted by Gasteiger charge is 1.83. The molecule has 13 heavy (non-hydrogen) atoms. The van der Waals surface area contributed by atoms with Crippen LogP contribution in [0.15, 0.2) is 30.3 Å². The molecule has 0 aliphatic heterocycles. The molecule has 0 N–H and O–H groups in total. The van der Waals surface area contributed by atoms with Gasteiger partial charge in [0, 0.05) is 10.6 Å². The maximum absolute atomic E-state index is 4.09. The molecule has 0 atom stereocenters. The van der Waals surface area contributed by atoms with Gasteiger partial charge in [0.2, 0.25) is 0 Å². The molecule has 0 radical (unpaired) electrons. The van der Waals surface area contributed by atoms with Gasteiger partial charge in [0.25, 0.3) is 0 Å². The van der Waals surface area contributed by atoms with Crippen molar-refractivity contribution in [3.8, 4) is 11.2 Å². The lowest BCUT2D eigenvalue weighted by Crippen LogP contribution is -1.70. The summed E-state index contributed by atoms with van der Waals surface area (Å²) in [5.74, 6) is 3.08. The molecule has 68 valence electrons. The Labute approximate surface area is 93.3 Å². The molecule has 0 bridgehead atoms. The molecule has 0 aliphatic carbocycles. The van der Waals surface area contributed by atoms with Gasteiger partial charge in [0.15, 0.2) is 0 Å². The number of rotatable bonds is 3. The minimum atomic E-state index is 0.861. The van der Waals surface area contributed by atoms with Crippen molar-refractivity contribution in [2.75, 3.05) is 10.2 Å². The summed E-state index contributed by atoms with van der Waals surface area (Å²) in [6.07, 6.45) is 0. The number of thioether (sulfide) groups is 2. The van der Waals surface area contributed by atoms with E-state index in [0.717, 1.165) is 15.7 Å². The Morgan fingerprint density at radius 3 is 2.69 bits per heavy atom. The van der Waals surface area contributed by atoms with Crippen molar-refractivity contribution < 1.29 is 0 Å². The first kappa shape index (κ1) is 10.9. The van der Waals surface area contributed by atoms with Gasteiger partial charge in [-0.25, -0.2) is 0 Å². The molecule has 0 unspecified atom stereocenters. The summed E-state index contributed by atoms with van der Waals surface area (Å²) in [7, 11) is 0. The van der Waals surface area contributed by atoms with E-state index in [-0.39, 0.29) is 0 Å². The van der Waals surface area contributed by atoms with Gasteiger partial charge in [-0.2, -0.15) is 12.6 Å². The van der Waals surface area contributed by atoms with Crippen molar-refractivity contribution in [2.24, 2.45) is 0 Å². The largest absolute Gasteiger partial charge is 0.168 e. The quantitative estimate of drug-likeness (QED) is 0.363. The third-order valence-electron chi connectivity index (χ3n) is 1.27. The Morgan fingerprint density at radius 2 is 2.00 bits per heavy atom. The first-order chi connectivity index (χ1) is 6.43. The maximum Gasteiger partial charge on any atom is 0.0524 e. The van der Waals surface area contributed by atoms with Crippen molar-refractivity contribution in [3.05, 3.63) is 35.9 Å². The van der Waals surface area contributed by atoms with Crippen LogP contribution in [0.1, 0.15) is 5.56 Å². The number of hydrogen-bond acceptors (Lipinski definition) is 3. The topological polar surface area (TPSA) is 0 Å². The summed E-state index contributed by atoms with van der Waals surface area (Å²) in [4.78, 5) is 0. The summed E-state index contributed by atoms with van der Waals surface area (Å²) in [5.41, 5.74) is 1.07. The average molecular weight is 226 g/mol. The second kappa shape index (κ2) is 7.25. The lowest BCUT2D eigenvalue weighted by molar-refractivity contribution is 1.65. The van der Waals surface area contributed by atoms with E-state index < -0.39 is 0 Å². The van der Waals surface area contributed by atoms with Gasteiger partial charge in [-0.05, 0) is 17.4 Å². The second-order valence-electron chi connectivity index (χ2n) is 2.19. The standard InChI is InChI=1S/C10H10S3/c11-8-13-9-12-7-6-10-4-2-1-3-5-10/h1-5,11H,8-9H2. The maximum atomic E-state index is 4.09. The molecule has 0 amide bonds. The fourth-order valence-electron chi connectivity index (χ4n) is 0.725. The predicted octanol–water partition coefficient (Wildman–Crippen LogP) is 3.31. The highest BCUT2D eigenvalue weighted by Crippen LogP contribution is 2.11. The van der Waals surface area contributed by atoms with Gasteiger partial charge in [-0.15, -0.1) is 11.8 Å². The SMILES string of the molecule is SCSCSC#Cc1ccccc1. The van der Waals surface area contributed by atoms with Crippen LogP contribution in [0.4, 0.5) is 0 Å². The number of thiol groups is 1. The van der Waals surface area contributed by atoms with E-state index in [4.69, 9.17) is 0 Å². The summed E-state index contributed by atoms with van der Waals surface area (Å²) >= 11 is 7.49.